The summed E-state index contributed by atoms with van der Waals surface area (Å²) < 4.78 is 0. The molecule has 60 valence electrons. The maximum Gasteiger partial charge on any atom is 0.248 e. The fourth-order valence-electron chi connectivity index (χ4n) is 1.02. The van der Waals surface area contributed by atoms with E-state index < -0.39 is 0 Å². The molecule has 0 saturated heterocycles. The van der Waals surface area contributed by atoms with Gasteiger partial charge in [0.15, 0.2) is 0 Å². The summed E-state index contributed by atoms with van der Waals surface area (Å²) >= 11 is 0. The van der Waals surface area contributed by atoms with Gasteiger partial charge >= 0.3 is 0 Å². The number of primary amides is 1. The summed E-state index contributed by atoms with van der Waals surface area (Å²) in [6.07, 6.45) is 0. The van der Waals surface area contributed by atoms with Crippen molar-refractivity contribution in [2.24, 2.45) is 5.73 Å². The van der Waals surface area contributed by atoms with Crippen LogP contribution in [0.2, 0.25) is 0 Å². The van der Waals surface area contributed by atoms with Crippen LogP contribution in [-0.2, 0) is 19.5 Å². The second-order valence-electron chi connectivity index (χ2n) is 2.61. The summed E-state index contributed by atoms with van der Waals surface area (Å²) in [4.78, 5) is 10.8. The van der Waals surface area contributed by atoms with Gasteiger partial charge in [-0.3, -0.25) is 4.79 Å². The molecule has 2 N–H and O–H groups in total. The van der Waals surface area contributed by atoms with Crippen molar-refractivity contribution in [2.45, 2.75) is 13.8 Å². The molecule has 0 unspecified atom stereocenters. The topological polar surface area (TPSA) is 43.1 Å². The number of benzene rings is 1. The molecule has 0 aliphatic heterocycles. The van der Waals surface area contributed by atoms with E-state index in [2.05, 4.69) is 0 Å². The summed E-state index contributed by atoms with van der Waals surface area (Å²) in [6, 6.07) is 5.54. The van der Waals surface area contributed by atoms with E-state index in [1.165, 1.54) is 0 Å². The largest absolute Gasteiger partial charge is 0.366 e. The summed E-state index contributed by atoms with van der Waals surface area (Å²) in [5.74, 6) is -0.355. The van der Waals surface area contributed by atoms with Crippen LogP contribution in [0.5, 0.6) is 0 Å². The molecule has 0 atom stereocenters. The first-order valence-corrected chi connectivity index (χ1v) is 3.49. The Bertz CT molecular complexity index is 297. The molecule has 0 aliphatic carbocycles. The third-order valence-corrected chi connectivity index (χ3v) is 1.87. The van der Waals surface area contributed by atoms with Gasteiger partial charge in [0.2, 0.25) is 5.91 Å². The molecule has 0 fully saturated rings. The van der Waals surface area contributed by atoms with E-state index >= 15 is 0 Å². The van der Waals surface area contributed by atoms with E-state index in [0.717, 1.165) is 11.1 Å². The molecule has 0 bridgehead atoms. The number of carbonyl (C=O) groups is 1. The van der Waals surface area contributed by atoms with Gasteiger partial charge in [-0.05, 0) is 31.0 Å². The van der Waals surface area contributed by atoms with E-state index in [1.807, 2.05) is 26.0 Å². The van der Waals surface area contributed by atoms with Crippen molar-refractivity contribution in [3.8, 4) is 0 Å². The average molecular weight is 215 g/mol. The van der Waals surface area contributed by atoms with Gasteiger partial charge in [-0.2, -0.15) is 0 Å². The van der Waals surface area contributed by atoms with Gasteiger partial charge in [0.25, 0.3) is 0 Å². The smallest absolute Gasteiger partial charge is 0.248 e. The van der Waals surface area contributed by atoms with Crippen molar-refractivity contribution in [2.75, 3.05) is 0 Å². The molecular weight excluding hydrogens is 203 g/mol. The van der Waals surface area contributed by atoms with Crippen LogP contribution >= 0.6 is 0 Å². The van der Waals surface area contributed by atoms with E-state index in [-0.39, 0.29) is 25.4 Å². The van der Waals surface area contributed by atoms with Gasteiger partial charge in [0, 0.05) is 25.0 Å². The minimum atomic E-state index is -0.355. The predicted molar refractivity (Wildman–Crippen MR) is 44.4 cm³/mol. The quantitative estimate of drug-likeness (QED) is 0.706. The van der Waals surface area contributed by atoms with Gasteiger partial charge in [-0.25, -0.2) is 0 Å². The average Bonchev–Trinajstić information content (AvgIpc) is 1.94. The van der Waals surface area contributed by atoms with Crippen molar-refractivity contribution in [3.05, 3.63) is 34.9 Å². The molecule has 0 spiro atoms. The van der Waals surface area contributed by atoms with E-state index in [9.17, 15) is 4.79 Å². The number of carbonyl (C=O) groups excluding carboxylic acids is 1. The molecule has 1 rings (SSSR count). The van der Waals surface area contributed by atoms with E-state index in [1.54, 1.807) is 6.07 Å². The van der Waals surface area contributed by atoms with Crippen LogP contribution in [0.3, 0.4) is 0 Å². The molecule has 2 nitrogen and oxygen atoms in total. The van der Waals surface area contributed by atoms with Crippen LogP contribution < -0.4 is 5.73 Å². The standard InChI is InChI=1S/C9H11NO.Zn/c1-6-4-3-5-8(7(6)2)9(10)11;/h3-5H,1-2H3,(H2,10,11);. The molecule has 1 aromatic carbocycles. The monoisotopic (exact) mass is 213 g/mol. The third-order valence-electron chi connectivity index (χ3n) is 1.87. The predicted octanol–water partition coefficient (Wildman–Crippen LogP) is 1.40. The van der Waals surface area contributed by atoms with Crippen molar-refractivity contribution >= 4 is 5.91 Å². The zero-order chi connectivity index (χ0) is 8.43. The summed E-state index contributed by atoms with van der Waals surface area (Å²) in [6.45, 7) is 3.86. The Hall–Kier alpha value is -0.687. The first-order valence-electron chi connectivity index (χ1n) is 3.49. The molecule has 0 saturated carbocycles. The summed E-state index contributed by atoms with van der Waals surface area (Å²) in [5, 5.41) is 0. The normalized spacial score (nSPS) is 8.83. The number of hydrogen-bond donors (Lipinski definition) is 1. The Morgan fingerprint density at radius 2 is 1.92 bits per heavy atom. The SMILES string of the molecule is Cc1cccc(C(N)=O)c1C.[Zn]. The van der Waals surface area contributed by atoms with Crippen molar-refractivity contribution in [1.29, 1.82) is 0 Å². The zero-order valence-electron chi connectivity index (χ0n) is 7.42. The second-order valence-corrected chi connectivity index (χ2v) is 2.61. The number of amides is 1. The fourth-order valence-corrected chi connectivity index (χ4v) is 1.02. The van der Waals surface area contributed by atoms with Crippen LogP contribution in [0.1, 0.15) is 21.5 Å². The maximum absolute atomic E-state index is 10.8. The van der Waals surface area contributed by atoms with E-state index in [0.29, 0.717) is 5.56 Å². The summed E-state index contributed by atoms with van der Waals surface area (Å²) in [7, 11) is 0. The Morgan fingerprint density at radius 3 is 2.33 bits per heavy atom. The van der Waals surface area contributed by atoms with Crippen molar-refractivity contribution in [1.82, 2.24) is 0 Å². The van der Waals surface area contributed by atoms with Gasteiger partial charge < -0.3 is 5.73 Å². The maximum atomic E-state index is 10.8. The Balaban J connectivity index is 0.00000121. The molecule has 0 heterocycles. The first-order chi connectivity index (χ1) is 5.13. The molecular formula is C9H11NOZn. The minimum absolute atomic E-state index is 0. The van der Waals surface area contributed by atoms with Crippen LogP contribution in [0.25, 0.3) is 0 Å². The Labute approximate surface area is 84.9 Å². The number of rotatable bonds is 1. The van der Waals surface area contributed by atoms with Crippen molar-refractivity contribution in [3.63, 3.8) is 0 Å². The minimum Gasteiger partial charge on any atom is -0.366 e. The third kappa shape index (κ3) is 2.15. The van der Waals surface area contributed by atoms with Gasteiger partial charge in [0.1, 0.15) is 0 Å². The molecule has 3 heteroatoms. The van der Waals surface area contributed by atoms with Gasteiger partial charge in [-0.15, -0.1) is 0 Å². The Morgan fingerprint density at radius 1 is 1.33 bits per heavy atom. The zero-order valence-corrected chi connectivity index (χ0v) is 10.4. The second kappa shape index (κ2) is 4.37. The molecule has 1 aromatic rings. The molecule has 0 radical (unpaired) electrons. The number of aryl methyl sites for hydroxylation is 1. The summed E-state index contributed by atoms with van der Waals surface area (Å²) in [5.41, 5.74) is 7.83. The number of nitrogens with two attached hydrogens (primary N) is 1. The van der Waals surface area contributed by atoms with E-state index in [4.69, 9.17) is 5.73 Å². The van der Waals surface area contributed by atoms with Gasteiger partial charge in [-0.1, -0.05) is 12.1 Å². The van der Waals surface area contributed by atoms with Crippen molar-refractivity contribution < 1.29 is 24.3 Å². The fraction of sp³-hybridized carbons (Fsp3) is 0.222. The molecule has 0 aliphatic rings. The van der Waals surface area contributed by atoms with Gasteiger partial charge in [0.05, 0.1) is 0 Å². The van der Waals surface area contributed by atoms with Crippen LogP contribution in [0.4, 0.5) is 0 Å². The molecule has 12 heavy (non-hydrogen) atoms. The molecule has 0 aromatic heterocycles. The number of hydrogen-bond acceptors (Lipinski definition) is 1. The van der Waals surface area contributed by atoms with Crippen LogP contribution in [0, 0.1) is 13.8 Å². The van der Waals surface area contributed by atoms with Crippen LogP contribution in [-0.4, -0.2) is 5.91 Å². The first kappa shape index (κ1) is 11.3. The molecule has 1 amide bonds. The van der Waals surface area contributed by atoms with Crippen LogP contribution in [0.15, 0.2) is 18.2 Å². The Kier molecular flexibility index (Phi) is 4.12.